The Bertz CT molecular complexity index is 695. The summed E-state index contributed by atoms with van der Waals surface area (Å²) in [6.07, 6.45) is 9.49. The summed E-state index contributed by atoms with van der Waals surface area (Å²) >= 11 is 0. The van der Waals surface area contributed by atoms with E-state index in [4.69, 9.17) is 0 Å². The van der Waals surface area contributed by atoms with Crippen molar-refractivity contribution in [2.24, 2.45) is 0 Å². The molecule has 0 bridgehead atoms. The van der Waals surface area contributed by atoms with Crippen molar-refractivity contribution in [3.63, 3.8) is 0 Å². The van der Waals surface area contributed by atoms with Crippen molar-refractivity contribution in [1.29, 1.82) is 0 Å². The molecule has 1 aromatic rings. The molecule has 0 spiro atoms. The number of aryl methyl sites for hydroxylation is 1. The Hall–Kier alpha value is -0.910. The fourth-order valence-electron chi connectivity index (χ4n) is 4.48. The highest BCUT2D eigenvalue weighted by molar-refractivity contribution is 7.89. The second kappa shape index (κ2) is 12.1. The molecule has 5 heteroatoms. The SMILES string of the molecule is CCCCCCCCCCS(=O)(=O)N1CC[N+](CC)(Cc2cccc(C)c2)CC1. The number of hydrogen-bond donors (Lipinski definition) is 0. The summed E-state index contributed by atoms with van der Waals surface area (Å²) in [4.78, 5) is 0. The number of sulfonamides is 1. The topological polar surface area (TPSA) is 37.4 Å². The molecule has 0 aliphatic carbocycles. The van der Waals surface area contributed by atoms with Crippen LogP contribution in [0.4, 0.5) is 0 Å². The number of benzene rings is 1. The summed E-state index contributed by atoms with van der Waals surface area (Å²) in [5, 5.41) is 0. The third-order valence-corrected chi connectivity index (χ3v) is 8.52. The van der Waals surface area contributed by atoms with Gasteiger partial charge in [0.2, 0.25) is 10.0 Å². The number of likely N-dealkylation sites (N-methyl/N-ethyl adjacent to an activating group) is 1. The van der Waals surface area contributed by atoms with Gasteiger partial charge in [-0.2, -0.15) is 4.31 Å². The van der Waals surface area contributed by atoms with Gasteiger partial charge in [0, 0.05) is 5.56 Å². The Kier molecular flexibility index (Phi) is 10.1. The second-order valence-corrected chi connectivity index (χ2v) is 11.0. The summed E-state index contributed by atoms with van der Waals surface area (Å²) in [5.74, 6) is 0.325. The van der Waals surface area contributed by atoms with E-state index in [-0.39, 0.29) is 0 Å². The lowest BCUT2D eigenvalue weighted by Gasteiger charge is -2.44. The maximum absolute atomic E-state index is 12.8. The highest BCUT2D eigenvalue weighted by Crippen LogP contribution is 2.21. The Morgan fingerprint density at radius 1 is 0.931 bits per heavy atom. The molecule has 1 aromatic carbocycles. The average molecular weight is 424 g/mol. The molecular weight excluding hydrogens is 380 g/mol. The van der Waals surface area contributed by atoms with Crippen molar-refractivity contribution >= 4 is 10.0 Å². The van der Waals surface area contributed by atoms with Gasteiger partial charge in [0.25, 0.3) is 0 Å². The lowest BCUT2D eigenvalue weighted by molar-refractivity contribution is -0.942. The van der Waals surface area contributed by atoms with Crippen molar-refractivity contribution in [2.45, 2.75) is 78.7 Å². The number of hydrogen-bond acceptors (Lipinski definition) is 2. The molecule has 1 heterocycles. The van der Waals surface area contributed by atoms with Crippen molar-refractivity contribution in [1.82, 2.24) is 4.31 Å². The summed E-state index contributed by atoms with van der Waals surface area (Å²) in [5.41, 5.74) is 2.66. The van der Waals surface area contributed by atoms with Crippen molar-refractivity contribution < 1.29 is 12.9 Å². The van der Waals surface area contributed by atoms with Crippen LogP contribution < -0.4 is 0 Å². The number of quaternary nitrogens is 1. The normalized spacial score (nSPS) is 17.5. The molecule has 29 heavy (non-hydrogen) atoms. The molecule has 0 N–H and O–H groups in total. The fourth-order valence-corrected chi connectivity index (χ4v) is 6.03. The Labute approximate surface area is 179 Å². The number of unbranched alkanes of at least 4 members (excludes halogenated alkanes) is 7. The van der Waals surface area contributed by atoms with Crippen LogP contribution in [0.25, 0.3) is 0 Å². The van der Waals surface area contributed by atoms with Crippen molar-refractivity contribution in [3.8, 4) is 0 Å². The van der Waals surface area contributed by atoms with Gasteiger partial charge in [-0.3, -0.25) is 0 Å². The third-order valence-electron chi connectivity index (χ3n) is 6.57. The largest absolute Gasteiger partial charge is 0.318 e. The van der Waals surface area contributed by atoms with Crippen LogP contribution in [0.3, 0.4) is 0 Å². The molecule has 2 rings (SSSR count). The number of piperazine rings is 1. The Morgan fingerprint density at radius 2 is 1.55 bits per heavy atom. The molecule has 0 radical (unpaired) electrons. The Balaban J connectivity index is 1.76. The highest BCUT2D eigenvalue weighted by atomic mass is 32.2. The Morgan fingerprint density at radius 3 is 2.14 bits per heavy atom. The third kappa shape index (κ3) is 8.03. The lowest BCUT2D eigenvalue weighted by Crippen LogP contribution is -2.60. The van der Waals surface area contributed by atoms with Gasteiger partial charge in [-0.05, 0) is 20.3 Å². The molecule has 0 atom stereocenters. The van der Waals surface area contributed by atoms with Crippen LogP contribution in [0.1, 0.15) is 76.3 Å². The molecule has 4 nitrogen and oxygen atoms in total. The van der Waals surface area contributed by atoms with Crippen molar-refractivity contribution in [2.75, 3.05) is 38.5 Å². The van der Waals surface area contributed by atoms with E-state index in [0.29, 0.717) is 18.8 Å². The van der Waals surface area contributed by atoms with Gasteiger partial charge in [-0.1, -0.05) is 81.7 Å². The minimum atomic E-state index is -3.10. The molecule has 0 saturated carbocycles. The smallest absolute Gasteiger partial charge is 0.214 e. The predicted molar refractivity (Wildman–Crippen MR) is 123 cm³/mol. The van der Waals surface area contributed by atoms with Crippen LogP contribution in [0, 0.1) is 6.92 Å². The molecule has 0 amide bonds. The summed E-state index contributed by atoms with van der Waals surface area (Å²) in [6.45, 7) is 11.8. The quantitative estimate of drug-likeness (QED) is 0.326. The zero-order chi connectivity index (χ0) is 21.2. The molecule has 0 unspecified atom stereocenters. The van der Waals surface area contributed by atoms with E-state index in [1.807, 2.05) is 0 Å². The standard InChI is InChI=1S/C24H43N2O2S/c1-4-6-7-8-9-10-11-12-20-29(27,28)25-16-18-26(5-2,19-17-25)22-24-15-13-14-23(3)21-24/h13-15,21H,4-12,16-20,22H2,1-3H3/q+1. The molecule has 1 saturated heterocycles. The maximum atomic E-state index is 12.8. The number of rotatable bonds is 13. The van der Waals surface area contributed by atoms with Gasteiger partial charge in [0.05, 0.1) is 38.5 Å². The van der Waals surface area contributed by atoms with Crippen LogP contribution in [0.2, 0.25) is 0 Å². The fraction of sp³-hybridized carbons (Fsp3) is 0.750. The van der Waals surface area contributed by atoms with E-state index in [2.05, 4.69) is 45.0 Å². The second-order valence-electron chi connectivity index (χ2n) is 8.94. The molecule has 166 valence electrons. The zero-order valence-electron chi connectivity index (χ0n) is 19.0. The monoisotopic (exact) mass is 423 g/mol. The molecular formula is C24H43N2O2S+. The van der Waals surface area contributed by atoms with E-state index in [9.17, 15) is 8.42 Å². The molecule has 1 aliphatic heterocycles. The first-order chi connectivity index (χ1) is 13.9. The van der Waals surface area contributed by atoms with Gasteiger partial charge < -0.3 is 4.48 Å². The molecule has 1 fully saturated rings. The van der Waals surface area contributed by atoms with Gasteiger partial charge in [0.15, 0.2) is 0 Å². The predicted octanol–water partition coefficient (Wildman–Crippen LogP) is 5.12. The van der Waals surface area contributed by atoms with E-state index in [1.54, 1.807) is 4.31 Å². The summed E-state index contributed by atoms with van der Waals surface area (Å²) < 4.78 is 28.3. The van der Waals surface area contributed by atoms with Crippen LogP contribution >= 0.6 is 0 Å². The average Bonchev–Trinajstić information content (AvgIpc) is 2.70. The van der Waals surface area contributed by atoms with Gasteiger partial charge in [0.1, 0.15) is 6.54 Å². The first kappa shape index (κ1) is 24.4. The maximum Gasteiger partial charge on any atom is 0.214 e. The first-order valence-corrected chi connectivity index (χ1v) is 13.4. The van der Waals surface area contributed by atoms with Crippen LogP contribution in [-0.2, 0) is 16.6 Å². The minimum absolute atomic E-state index is 0.325. The first-order valence-electron chi connectivity index (χ1n) is 11.8. The van der Waals surface area contributed by atoms with Crippen LogP contribution in [-0.4, -0.2) is 55.7 Å². The van der Waals surface area contributed by atoms with Gasteiger partial charge in [-0.25, -0.2) is 8.42 Å². The van der Waals surface area contributed by atoms with E-state index in [0.717, 1.165) is 43.5 Å². The number of nitrogens with zero attached hydrogens (tertiary/aromatic N) is 2. The van der Waals surface area contributed by atoms with E-state index in [1.165, 1.54) is 49.7 Å². The van der Waals surface area contributed by atoms with E-state index < -0.39 is 10.0 Å². The molecule has 0 aromatic heterocycles. The summed E-state index contributed by atoms with van der Waals surface area (Å²) in [7, 11) is -3.10. The van der Waals surface area contributed by atoms with Gasteiger partial charge in [-0.15, -0.1) is 0 Å². The lowest BCUT2D eigenvalue weighted by atomic mass is 10.1. The summed E-state index contributed by atoms with van der Waals surface area (Å²) in [6, 6.07) is 8.73. The van der Waals surface area contributed by atoms with Crippen LogP contribution in [0.15, 0.2) is 24.3 Å². The van der Waals surface area contributed by atoms with Gasteiger partial charge >= 0.3 is 0 Å². The van der Waals surface area contributed by atoms with Crippen LogP contribution in [0.5, 0.6) is 0 Å². The van der Waals surface area contributed by atoms with E-state index >= 15 is 0 Å². The highest BCUT2D eigenvalue weighted by Gasteiger charge is 2.35. The molecule has 1 aliphatic rings. The van der Waals surface area contributed by atoms with Crippen molar-refractivity contribution in [3.05, 3.63) is 35.4 Å². The minimum Gasteiger partial charge on any atom is -0.318 e. The zero-order valence-corrected chi connectivity index (χ0v) is 19.9.